The summed E-state index contributed by atoms with van der Waals surface area (Å²) in [5.74, 6) is -0.131. The Morgan fingerprint density at radius 1 is 1.44 bits per heavy atom. The minimum atomic E-state index is -0.131. The second-order valence-electron chi connectivity index (χ2n) is 3.73. The maximum absolute atomic E-state index is 11.7. The van der Waals surface area contributed by atoms with Crippen molar-refractivity contribution in [3.63, 3.8) is 0 Å². The van der Waals surface area contributed by atoms with Gasteiger partial charge in [-0.3, -0.25) is 4.79 Å². The molecule has 1 aromatic carbocycles. The zero-order valence-corrected chi connectivity index (χ0v) is 9.98. The van der Waals surface area contributed by atoms with Gasteiger partial charge in [0.1, 0.15) is 0 Å². The Bertz CT molecular complexity index is 545. The summed E-state index contributed by atoms with van der Waals surface area (Å²) in [6.07, 6.45) is 0. The average molecular weight is 237 g/mol. The van der Waals surface area contributed by atoms with Gasteiger partial charge in [0, 0.05) is 23.1 Å². The number of nitrogens with one attached hydrogen (secondary N) is 2. The largest absolute Gasteiger partial charge is 0.359 e. The van der Waals surface area contributed by atoms with Crippen LogP contribution < -0.4 is 5.32 Å². The highest BCUT2D eigenvalue weighted by Gasteiger charge is 2.11. The van der Waals surface area contributed by atoms with Crippen molar-refractivity contribution in [3.05, 3.63) is 34.5 Å². The molecule has 0 unspecified atom stereocenters. The highest BCUT2D eigenvalue weighted by molar-refractivity contribution is 6.34. The van der Waals surface area contributed by atoms with Gasteiger partial charge in [-0.1, -0.05) is 11.6 Å². The number of aromatic nitrogens is 1. The van der Waals surface area contributed by atoms with Crippen LogP contribution >= 0.6 is 11.6 Å². The lowest BCUT2D eigenvalue weighted by molar-refractivity contribution is 0.0956. The van der Waals surface area contributed by atoms with Crippen LogP contribution in [0, 0.1) is 6.92 Å². The van der Waals surface area contributed by atoms with Crippen molar-refractivity contribution in [2.45, 2.75) is 13.8 Å². The molecular formula is C12H13ClN2O. The zero-order valence-electron chi connectivity index (χ0n) is 9.23. The van der Waals surface area contributed by atoms with Crippen molar-refractivity contribution in [2.75, 3.05) is 6.54 Å². The van der Waals surface area contributed by atoms with Crippen LogP contribution in [0.2, 0.25) is 5.02 Å². The second kappa shape index (κ2) is 4.18. The topological polar surface area (TPSA) is 44.9 Å². The fourth-order valence-corrected chi connectivity index (χ4v) is 1.98. The molecule has 0 spiro atoms. The highest BCUT2D eigenvalue weighted by atomic mass is 35.5. The molecule has 0 aliphatic rings. The van der Waals surface area contributed by atoms with Gasteiger partial charge in [-0.15, -0.1) is 0 Å². The molecule has 0 bridgehead atoms. The molecule has 0 fully saturated rings. The number of H-pyrrole nitrogens is 1. The summed E-state index contributed by atoms with van der Waals surface area (Å²) in [6.45, 7) is 4.45. The first-order chi connectivity index (χ1) is 7.61. The first-order valence-corrected chi connectivity index (χ1v) is 5.56. The van der Waals surface area contributed by atoms with E-state index in [0.717, 1.165) is 16.6 Å². The molecule has 0 radical (unpaired) electrons. The van der Waals surface area contributed by atoms with Gasteiger partial charge in [0.2, 0.25) is 0 Å². The van der Waals surface area contributed by atoms with E-state index in [1.165, 1.54) is 0 Å². The molecule has 0 saturated carbocycles. The van der Waals surface area contributed by atoms with Gasteiger partial charge in [-0.2, -0.15) is 0 Å². The first kappa shape index (κ1) is 11.0. The Labute approximate surface area is 98.8 Å². The van der Waals surface area contributed by atoms with Crippen molar-refractivity contribution in [1.29, 1.82) is 0 Å². The van der Waals surface area contributed by atoms with E-state index >= 15 is 0 Å². The Morgan fingerprint density at radius 3 is 2.88 bits per heavy atom. The Hall–Kier alpha value is -1.48. The molecule has 0 aliphatic heterocycles. The molecule has 2 N–H and O–H groups in total. The molecule has 0 atom stereocenters. The van der Waals surface area contributed by atoms with Gasteiger partial charge in [0.15, 0.2) is 0 Å². The molecule has 3 nitrogen and oxygen atoms in total. The molecule has 16 heavy (non-hydrogen) atoms. The molecule has 1 heterocycles. The normalized spacial score (nSPS) is 10.7. The van der Waals surface area contributed by atoms with Crippen LogP contribution in [0.1, 0.15) is 23.0 Å². The van der Waals surface area contributed by atoms with Crippen LogP contribution in [0.15, 0.2) is 18.2 Å². The van der Waals surface area contributed by atoms with E-state index in [1.807, 2.05) is 26.0 Å². The van der Waals surface area contributed by atoms with Gasteiger partial charge in [0.25, 0.3) is 5.91 Å². The van der Waals surface area contributed by atoms with Gasteiger partial charge in [-0.25, -0.2) is 0 Å². The van der Waals surface area contributed by atoms with Crippen molar-refractivity contribution in [1.82, 2.24) is 10.3 Å². The molecule has 1 amide bonds. The molecule has 2 rings (SSSR count). The lowest BCUT2D eigenvalue weighted by Gasteiger charge is -2.04. The average Bonchev–Trinajstić information content (AvgIpc) is 2.56. The van der Waals surface area contributed by atoms with Gasteiger partial charge >= 0.3 is 0 Å². The van der Waals surface area contributed by atoms with Crippen LogP contribution in [0.5, 0.6) is 0 Å². The number of fused-ring (bicyclic) bond motifs is 1. The monoisotopic (exact) mass is 236 g/mol. The number of aromatic amines is 1. The van der Waals surface area contributed by atoms with E-state index in [-0.39, 0.29) is 5.91 Å². The SMILES string of the molecule is CCNC(=O)c1cc2cc(C)[nH]c2cc1Cl. The predicted molar refractivity (Wildman–Crippen MR) is 66.1 cm³/mol. The van der Waals surface area contributed by atoms with Crippen molar-refractivity contribution in [3.8, 4) is 0 Å². The number of amides is 1. The molecule has 0 saturated heterocycles. The fraction of sp³-hybridized carbons (Fsp3) is 0.250. The molecular weight excluding hydrogens is 224 g/mol. The number of carbonyl (C=O) groups is 1. The highest BCUT2D eigenvalue weighted by Crippen LogP contribution is 2.24. The van der Waals surface area contributed by atoms with Crippen LogP contribution in [0.3, 0.4) is 0 Å². The van der Waals surface area contributed by atoms with Crippen molar-refractivity contribution < 1.29 is 4.79 Å². The summed E-state index contributed by atoms with van der Waals surface area (Å²) >= 11 is 6.06. The molecule has 0 aliphatic carbocycles. The number of aryl methyl sites for hydroxylation is 1. The van der Waals surface area contributed by atoms with Gasteiger partial charge in [0.05, 0.1) is 10.6 Å². The number of carbonyl (C=O) groups excluding carboxylic acids is 1. The lowest BCUT2D eigenvalue weighted by atomic mass is 10.1. The van der Waals surface area contributed by atoms with E-state index in [2.05, 4.69) is 10.3 Å². The van der Waals surface area contributed by atoms with E-state index < -0.39 is 0 Å². The summed E-state index contributed by atoms with van der Waals surface area (Å²) < 4.78 is 0. The molecule has 2 aromatic rings. The van der Waals surface area contributed by atoms with Crippen LogP contribution in [0.25, 0.3) is 10.9 Å². The first-order valence-electron chi connectivity index (χ1n) is 5.19. The summed E-state index contributed by atoms with van der Waals surface area (Å²) in [4.78, 5) is 14.9. The van der Waals surface area contributed by atoms with E-state index in [0.29, 0.717) is 17.1 Å². The fourth-order valence-electron chi connectivity index (χ4n) is 1.73. The number of hydrogen-bond acceptors (Lipinski definition) is 1. The number of halogens is 1. The van der Waals surface area contributed by atoms with Crippen LogP contribution in [-0.2, 0) is 0 Å². The van der Waals surface area contributed by atoms with Crippen LogP contribution in [-0.4, -0.2) is 17.4 Å². The second-order valence-corrected chi connectivity index (χ2v) is 4.14. The van der Waals surface area contributed by atoms with Crippen molar-refractivity contribution in [2.24, 2.45) is 0 Å². The zero-order chi connectivity index (χ0) is 11.7. The molecule has 84 valence electrons. The number of hydrogen-bond donors (Lipinski definition) is 2. The molecule has 1 aromatic heterocycles. The Kier molecular flexibility index (Phi) is 2.88. The lowest BCUT2D eigenvalue weighted by Crippen LogP contribution is -2.22. The Morgan fingerprint density at radius 2 is 2.19 bits per heavy atom. The quantitative estimate of drug-likeness (QED) is 0.828. The van der Waals surface area contributed by atoms with Gasteiger partial charge < -0.3 is 10.3 Å². The third-order valence-corrected chi connectivity index (χ3v) is 2.74. The predicted octanol–water partition coefficient (Wildman–Crippen LogP) is 2.88. The maximum atomic E-state index is 11.7. The summed E-state index contributed by atoms with van der Waals surface area (Å²) in [7, 11) is 0. The third-order valence-electron chi connectivity index (χ3n) is 2.43. The molecule has 4 heteroatoms. The maximum Gasteiger partial charge on any atom is 0.252 e. The summed E-state index contributed by atoms with van der Waals surface area (Å²) in [5, 5.41) is 4.22. The summed E-state index contributed by atoms with van der Waals surface area (Å²) in [6, 6.07) is 5.59. The number of benzene rings is 1. The van der Waals surface area contributed by atoms with E-state index in [4.69, 9.17) is 11.6 Å². The van der Waals surface area contributed by atoms with E-state index in [1.54, 1.807) is 6.07 Å². The standard InChI is InChI=1S/C12H13ClN2O/c1-3-14-12(16)9-5-8-4-7(2)15-11(8)6-10(9)13/h4-6,15H,3H2,1-2H3,(H,14,16). The van der Waals surface area contributed by atoms with E-state index in [9.17, 15) is 4.79 Å². The Balaban J connectivity index is 2.53. The minimum Gasteiger partial charge on any atom is -0.359 e. The third kappa shape index (κ3) is 1.91. The summed E-state index contributed by atoms with van der Waals surface area (Å²) in [5.41, 5.74) is 2.53. The smallest absolute Gasteiger partial charge is 0.252 e. The van der Waals surface area contributed by atoms with Gasteiger partial charge in [-0.05, 0) is 32.0 Å². The minimum absolute atomic E-state index is 0.131. The number of rotatable bonds is 2. The van der Waals surface area contributed by atoms with Crippen LogP contribution in [0.4, 0.5) is 0 Å². The van der Waals surface area contributed by atoms with Crippen molar-refractivity contribution >= 4 is 28.4 Å².